The third kappa shape index (κ3) is 6.07. The van der Waals surface area contributed by atoms with E-state index in [9.17, 15) is 13.2 Å². The molecule has 1 fully saturated rings. The maximum absolute atomic E-state index is 12.7. The fourth-order valence-electron chi connectivity index (χ4n) is 3.42. The molecule has 1 saturated carbocycles. The number of sulfonamides is 1. The Hall–Kier alpha value is -1.83. The Morgan fingerprint density at radius 2 is 1.72 bits per heavy atom. The van der Waals surface area contributed by atoms with E-state index in [4.69, 9.17) is 0 Å². The minimum Gasteiger partial charge on any atom is -0.322 e. The zero-order valence-electron chi connectivity index (χ0n) is 16.7. The van der Waals surface area contributed by atoms with Crippen LogP contribution in [0.4, 0.5) is 5.69 Å². The lowest BCUT2D eigenvalue weighted by atomic mass is 9.96. The molecule has 0 heterocycles. The van der Waals surface area contributed by atoms with Crippen LogP contribution in [0.15, 0.2) is 58.3 Å². The van der Waals surface area contributed by atoms with Gasteiger partial charge in [0.15, 0.2) is 0 Å². The molecule has 5 nitrogen and oxygen atoms in total. The van der Waals surface area contributed by atoms with Crippen molar-refractivity contribution in [3.05, 3.63) is 54.1 Å². The van der Waals surface area contributed by atoms with Gasteiger partial charge in [-0.2, -0.15) is 0 Å². The monoisotopic (exact) mass is 432 g/mol. The van der Waals surface area contributed by atoms with Gasteiger partial charge >= 0.3 is 0 Å². The smallest absolute Gasteiger partial charge is 0.256 e. The molecule has 0 saturated heterocycles. The van der Waals surface area contributed by atoms with Crippen molar-refractivity contribution in [1.29, 1.82) is 0 Å². The molecule has 0 bridgehead atoms. The molecule has 0 aliphatic heterocycles. The van der Waals surface area contributed by atoms with Gasteiger partial charge in [0.25, 0.3) is 5.91 Å². The van der Waals surface area contributed by atoms with E-state index in [0.29, 0.717) is 11.3 Å². The number of anilines is 1. The quantitative estimate of drug-likeness (QED) is 0.572. The summed E-state index contributed by atoms with van der Waals surface area (Å²) in [4.78, 5) is 13.9. The molecule has 0 atom stereocenters. The van der Waals surface area contributed by atoms with E-state index in [-0.39, 0.29) is 16.8 Å². The minimum atomic E-state index is -3.54. The molecule has 2 N–H and O–H groups in total. The Morgan fingerprint density at radius 3 is 2.41 bits per heavy atom. The molecule has 29 heavy (non-hydrogen) atoms. The second kappa shape index (κ2) is 10.3. The Balaban J connectivity index is 1.67. The second-order valence-electron chi connectivity index (χ2n) is 7.28. The molecule has 1 aliphatic rings. The standard InChI is InChI=1S/C22H28N2O3S2/c1-2-16-28-21-11-7-6-10-20(21)22(25)23-17-12-14-19(15-13-17)29(26,27)24-18-8-4-3-5-9-18/h6-7,10-15,18,24H,2-5,8-9,16H2,1H3,(H,23,25). The molecule has 7 heteroatoms. The third-order valence-electron chi connectivity index (χ3n) is 4.94. The van der Waals surface area contributed by atoms with Crippen molar-refractivity contribution in [2.75, 3.05) is 11.1 Å². The van der Waals surface area contributed by atoms with Crippen LogP contribution >= 0.6 is 11.8 Å². The number of carbonyl (C=O) groups is 1. The first kappa shape index (κ1) is 21.9. The van der Waals surface area contributed by atoms with Gasteiger partial charge in [-0.05, 0) is 61.4 Å². The summed E-state index contributed by atoms with van der Waals surface area (Å²) >= 11 is 1.66. The number of hydrogen-bond donors (Lipinski definition) is 2. The fraction of sp³-hybridized carbons (Fsp3) is 0.409. The SMILES string of the molecule is CCCSc1ccccc1C(=O)Nc1ccc(S(=O)(=O)NC2CCCCC2)cc1. The average Bonchev–Trinajstić information content (AvgIpc) is 2.73. The highest BCUT2D eigenvalue weighted by Crippen LogP contribution is 2.25. The molecule has 0 unspecified atom stereocenters. The van der Waals surface area contributed by atoms with Crippen LogP contribution in [0.2, 0.25) is 0 Å². The number of carbonyl (C=O) groups excluding carboxylic acids is 1. The van der Waals surface area contributed by atoms with E-state index in [1.165, 1.54) is 6.42 Å². The summed E-state index contributed by atoms with van der Waals surface area (Å²) in [5.74, 6) is 0.755. The third-order valence-corrected chi connectivity index (χ3v) is 7.76. The molecule has 2 aromatic carbocycles. The number of amides is 1. The molecule has 0 aromatic heterocycles. The minimum absolute atomic E-state index is 0.0188. The number of hydrogen-bond acceptors (Lipinski definition) is 4. The molecule has 3 rings (SSSR count). The van der Waals surface area contributed by atoms with E-state index in [0.717, 1.165) is 42.8 Å². The lowest BCUT2D eigenvalue weighted by Gasteiger charge is -2.22. The van der Waals surface area contributed by atoms with Gasteiger partial charge in [-0.15, -0.1) is 11.8 Å². The summed E-state index contributed by atoms with van der Waals surface area (Å²) in [6.45, 7) is 2.11. The average molecular weight is 433 g/mol. The number of benzene rings is 2. The van der Waals surface area contributed by atoms with Gasteiger partial charge in [-0.1, -0.05) is 38.3 Å². The predicted molar refractivity (Wildman–Crippen MR) is 119 cm³/mol. The van der Waals surface area contributed by atoms with Gasteiger partial charge in [0.2, 0.25) is 10.0 Å². The Kier molecular flexibility index (Phi) is 7.75. The van der Waals surface area contributed by atoms with Crippen molar-refractivity contribution in [1.82, 2.24) is 4.72 Å². The normalized spacial score (nSPS) is 15.2. The summed E-state index contributed by atoms with van der Waals surface area (Å²) in [6, 6.07) is 13.9. The largest absolute Gasteiger partial charge is 0.322 e. The molecular weight excluding hydrogens is 404 g/mol. The van der Waals surface area contributed by atoms with Gasteiger partial charge in [-0.25, -0.2) is 13.1 Å². The number of thioether (sulfide) groups is 1. The van der Waals surface area contributed by atoms with Gasteiger partial charge < -0.3 is 5.32 Å². The summed E-state index contributed by atoms with van der Waals surface area (Å²) in [5, 5.41) is 2.87. The van der Waals surface area contributed by atoms with E-state index < -0.39 is 10.0 Å². The molecule has 0 spiro atoms. The highest BCUT2D eigenvalue weighted by Gasteiger charge is 2.22. The van der Waals surface area contributed by atoms with Crippen LogP contribution in [0.3, 0.4) is 0 Å². The maximum atomic E-state index is 12.7. The van der Waals surface area contributed by atoms with Crippen molar-refractivity contribution in [3.63, 3.8) is 0 Å². The van der Waals surface area contributed by atoms with E-state index in [1.54, 1.807) is 42.1 Å². The Bertz CT molecular complexity index is 921. The van der Waals surface area contributed by atoms with E-state index in [2.05, 4.69) is 17.0 Å². The van der Waals surface area contributed by atoms with Gasteiger partial charge in [-0.3, -0.25) is 4.79 Å². The van der Waals surface area contributed by atoms with Crippen LogP contribution in [-0.4, -0.2) is 26.1 Å². The van der Waals surface area contributed by atoms with Crippen molar-refractivity contribution >= 4 is 33.4 Å². The van der Waals surface area contributed by atoms with Gasteiger partial charge in [0.05, 0.1) is 10.5 Å². The van der Waals surface area contributed by atoms with Crippen LogP contribution in [0.25, 0.3) is 0 Å². The first-order chi connectivity index (χ1) is 14.0. The van der Waals surface area contributed by atoms with Crippen molar-refractivity contribution in [3.8, 4) is 0 Å². The highest BCUT2D eigenvalue weighted by molar-refractivity contribution is 7.99. The first-order valence-electron chi connectivity index (χ1n) is 10.1. The van der Waals surface area contributed by atoms with E-state index >= 15 is 0 Å². The van der Waals surface area contributed by atoms with Crippen molar-refractivity contribution in [2.24, 2.45) is 0 Å². The van der Waals surface area contributed by atoms with Crippen LogP contribution in [0.5, 0.6) is 0 Å². The highest BCUT2D eigenvalue weighted by atomic mass is 32.2. The van der Waals surface area contributed by atoms with Crippen LogP contribution < -0.4 is 10.0 Å². The molecule has 2 aromatic rings. The lowest BCUT2D eigenvalue weighted by molar-refractivity contribution is 0.102. The summed E-state index contributed by atoms with van der Waals surface area (Å²) in [6.07, 6.45) is 6.12. The van der Waals surface area contributed by atoms with Crippen LogP contribution in [0.1, 0.15) is 55.8 Å². The van der Waals surface area contributed by atoms with E-state index in [1.807, 2.05) is 18.2 Å². The second-order valence-corrected chi connectivity index (χ2v) is 10.1. The van der Waals surface area contributed by atoms with Crippen molar-refractivity contribution < 1.29 is 13.2 Å². The Morgan fingerprint density at radius 1 is 1.03 bits per heavy atom. The zero-order valence-corrected chi connectivity index (χ0v) is 18.3. The predicted octanol–water partition coefficient (Wildman–Crippen LogP) is 5.05. The maximum Gasteiger partial charge on any atom is 0.256 e. The first-order valence-corrected chi connectivity index (χ1v) is 12.6. The van der Waals surface area contributed by atoms with Gasteiger partial charge in [0, 0.05) is 16.6 Å². The molecule has 156 valence electrons. The number of rotatable bonds is 8. The summed E-state index contributed by atoms with van der Waals surface area (Å²) < 4.78 is 28.0. The lowest BCUT2D eigenvalue weighted by Crippen LogP contribution is -2.36. The topological polar surface area (TPSA) is 75.3 Å². The zero-order chi connectivity index (χ0) is 20.7. The molecule has 1 aliphatic carbocycles. The van der Waals surface area contributed by atoms with Gasteiger partial charge in [0.1, 0.15) is 0 Å². The summed E-state index contributed by atoms with van der Waals surface area (Å²) in [5.41, 5.74) is 1.20. The van der Waals surface area contributed by atoms with Crippen LogP contribution in [-0.2, 0) is 10.0 Å². The molecule has 1 amide bonds. The molecule has 0 radical (unpaired) electrons. The number of nitrogens with one attached hydrogen (secondary N) is 2. The van der Waals surface area contributed by atoms with Crippen LogP contribution in [0, 0.1) is 0 Å². The molecular formula is C22H28N2O3S2. The Labute approximate surface area is 177 Å². The fourth-order valence-corrected chi connectivity index (χ4v) is 5.64. The van der Waals surface area contributed by atoms with Crippen molar-refractivity contribution in [2.45, 2.75) is 61.3 Å². The summed E-state index contributed by atoms with van der Waals surface area (Å²) in [7, 11) is -3.54.